The van der Waals surface area contributed by atoms with Crippen LogP contribution in [0.2, 0.25) is 0 Å². The molecule has 0 saturated carbocycles. The highest BCUT2D eigenvalue weighted by Crippen LogP contribution is 2.29. The van der Waals surface area contributed by atoms with Gasteiger partial charge in [0.2, 0.25) is 5.91 Å². The highest BCUT2D eigenvalue weighted by molar-refractivity contribution is 5.94. The third kappa shape index (κ3) is 6.37. The SMILES string of the molecule is O=C(CCNC(=O)c1ccc(F)cc1F)NCCOc1ccccc1-c1ccccc1. The molecule has 0 fully saturated rings. The minimum absolute atomic E-state index is 0.0230. The van der Waals surface area contributed by atoms with Crippen LogP contribution in [0.5, 0.6) is 5.75 Å². The van der Waals surface area contributed by atoms with Crippen LogP contribution in [0.15, 0.2) is 72.8 Å². The van der Waals surface area contributed by atoms with Crippen molar-refractivity contribution in [2.24, 2.45) is 0 Å². The third-order valence-electron chi connectivity index (χ3n) is 4.47. The number of hydrogen-bond donors (Lipinski definition) is 2. The Balaban J connectivity index is 1.39. The van der Waals surface area contributed by atoms with E-state index in [0.29, 0.717) is 12.6 Å². The Bertz CT molecular complexity index is 1040. The normalized spacial score (nSPS) is 10.4. The molecule has 2 N–H and O–H groups in total. The fourth-order valence-corrected chi connectivity index (χ4v) is 2.95. The van der Waals surface area contributed by atoms with Crippen LogP contribution in [0.4, 0.5) is 8.78 Å². The molecule has 3 aromatic rings. The summed E-state index contributed by atoms with van der Waals surface area (Å²) in [5.74, 6) is -1.97. The second kappa shape index (κ2) is 10.9. The molecule has 160 valence electrons. The largest absolute Gasteiger partial charge is 0.491 e. The fraction of sp³-hybridized carbons (Fsp3) is 0.167. The molecule has 3 aromatic carbocycles. The van der Waals surface area contributed by atoms with Crippen LogP contribution in [0.25, 0.3) is 11.1 Å². The summed E-state index contributed by atoms with van der Waals surface area (Å²) in [5, 5.41) is 5.14. The van der Waals surface area contributed by atoms with Crippen molar-refractivity contribution >= 4 is 11.8 Å². The van der Waals surface area contributed by atoms with E-state index in [4.69, 9.17) is 4.74 Å². The maximum atomic E-state index is 13.6. The van der Waals surface area contributed by atoms with E-state index in [1.165, 1.54) is 0 Å². The van der Waals surface area contributed by atoms with Gasteiger partial charge in [0.25, 0.3) is 5.91 Å². The number of nitrogens with one attached hydrogen (secondary N) is 2. The predicted octanol–water partition coefficient (Wildman–Crippen LogP) is 3.95. The zero-order chi connectivity index (χ0) is 22.1. The second-order valence-corrected chi connectivity index (χ2v) is 6.69. The summed E-state index contributed by atoms with van der Waals surface area (Å²) in [6.07, 6.45) is 0.0230. The predicted molar refractivity (Wildman–Crippen MR) is 114 cm³/mol. The average Bonchev–Trinajstić information content (AvgIpc) is 2.77. The molecule has 31 heavy (non-hydrogen) atoms. The summed E-state index contributed by atoms with van der Waals surface area (Å²) in [4.78, 5) is 23.8. The Kier molecular flexibility index (Phi) is 7.70. The van der Waals surface area contributed by atoms with Gasteiger partial charge in [0.15, 0.2) is 0 Å². The third-order valence-corrected chi connectivity index (χ3v) is 4.47. The van der Waals surface area contributed by atoms with E-state index >= 15 is 0 Å². The first-order valence-corrected chi connectivity index (χ1v) is 9.82. The summed E-state index contributed by atoms with van der Waals surface area (Å²) in [6, 6.07) is 20.2. The van der Waals surface area contributed by atoms with E-state index in [2.05, 4.69) is 10.6 Å². The quantitative estimate of drug-likeness (QED) is 0.511. The number of benzene rings is 3. The lowest BCUT2D eigenvalue weighted by Gasteiger charge is -2.12. The summed E-state index contributed by atoms with van der Waals surface area (Å²) in [7, 11) is 0. The smallest absolute Gasteiger partial charge is 0.254 e. The second-order valence-electron chi connectivity index (χ2n) is 6.69. The van der Waals surface area contributed by atoms with Gasteiger partial charge in [-0.1, -0.05) is 48.5 Å². The number of carbonyl (C=O) groups is 2. The zero-order valence-electron chi connectivity index (χ0n) is 16.7. The van der Waals surface area contributed by atoms with Gasteiger partial charge in [0, 0.05) is 24.6 Å². The molecule has 0 spiro atoms. The molecule has 0 aliphatic rings. The van der Waals surface area contributed by atoms with E-state index < -0.39 is 17.5 Å². The lowest BCUT2D eigenvalue weighted by molar-refractivity contribution is -0.121. The van der Waals surface area contributed by atoms with Gasteiger partial charge in [-0.3, -0.25) is 9.59 Å². The standard InChI is InChI=1S/C24H22F2N2O3/c25-18-10-11-20(21(26)16-18)24(30)28-13-12-23(29)27-14-15-31-22-9-5-4-8-19(22)17-6-2-1-3-7-17/h1-11,16H,12-15H2,(H,27,29)(H,28,30). The number of halogens is 2. The summed E-state index contributed by atoms with van der Waals surface area (Å²) in [5.41, 5.74) is 1.73. The van der Waals surface area contributed by atoms with Crippen LogP contribution in [0.1, 0.15) is 16.8 Å². The number of ether oxygens (including phenoxy) is 1. The summed E-state index contributed by atoms with van der Waals surface area (Å²) < 4.78 is 32.3. The van der Waals surface area contributed by atoms with E-state index in [1.54, 1.807) is 0 Å². The van der Waals surface area contributed by atoms with Gasteiger partial charge >= 0.3 is 0 Å². The molecule has 3 rings (SSSR count). The molecule has 2 amide bonds. The van der Waals surface area contributed by atoms with Crippen molar-refractivity contribution < 1.29 is 23.1 Å². The van der Waals surface area contributed by atoms with E-state index in [-0.39, 0.29) is 31.0 Å². The number of rotatable bonds is 9. The van der Waals surface area contributed by atoms with Crippen molar-refractivity contribution in [1.29, 1.82) is 0 Å². The number of carbonyl (C=O) groups excluding carboxylic acids is 2. The van der Waals surface area contributed by atoms with Crippen LogP contribution >= 0.6 is 0 Å². The molecule has 5 nitrogen and oxygen atoms in total. The Hall–Kier alpha value is -3.74. The highest BCUT2D eigenvalue weighted by atomic mass is 19.1. The monoisotopic (exact) mass is 424 g/mol. The Labute approximate surface area is 179 Å². The van der Waals surface area contributed by atoms with Gasteiger partial charge in [0.1, 0.15) is 24.0 Å². The van der Waals surface area contributed by atoms with Gasteiger partial charge in [-0.25, -0.2) is 8.78 Å². The highest BCUT2D eigenvalue weighted by Gasteiger charge is 2.12. The molecule has 7 heteroatoms. The van der Waals surface area contributed by atoms with Gasteiger partial charge in [0.05, 0.1) is 12.1 Å². The zero-order valence-corrected chi connectivity index (χ0v) is 16.7. The van der Waals surface area contributed by atoms with Gasteiger partial charge in [-0.2, -0.15) is 0 Å². The van der Waals surface area contributed by atoms with Crippen molar-refractivity contribution in [3.05, 3.63) is 90.0 Å². The Morgan fingerprint density at radius 3 is 2.35 bits per heavy atom. The van der Waals surface area contributed by atoms with Gasteiger partial charge < -0.3 is 15.4 Å². The first-order chi connectivity index (χ1) is 15.0. The molecule has 0 aliphatic carbocycles. The van der Waals surface area contributed by atoms with Gasteiger partial charge in [-0.05, 0) is 23.8 Å². The van der Waals surface area contributed by atoms with Crippen LogP contribution in [0, 0.1) is 11.6 Å². The van der Waals surface area contributed by atoms with Crippen LogP contribution in [-0.4, -0.2) is 31.5 Å². The molecule has 0 unspecified atom stereocenters. The Morgan fingerprint density at radius 2 is 1.58 bits per heavy atom. The van der Waals surface area contributed by atoms with Crippen LogP contribution < -0.4 is 15.4 Å². The van der Waals surface area contributed by atoms with Crippen molar-refractivity contribution in [3.63, 3.8) is 0 Å². The topological polar surface area (TPSA) is 67.4 Å². The summed E-state index contributed by atoms with van der Waals surface area (Å²) in [6.45, 7) is 0.602. The van der Waals surface area contributed by atoms with Crippen molar-refractivity contribution in [2.75, 3.05) is 19.7 Å². The maximum Gasteiger partial charge on any atom is 0.254 e. The molecule has 0 radical (unpaired) electrons. The fourth-order valence-electron chi connectivity index (χ4n) is 2.95. The van der Waals surface area contributed by atoms with Crippen molar-refractivity contribution in [3.8, 4) is 16.9 Å². The first-order valence-electron chi connectivity index (χ1n) is 9.82. The minimum atomic E-state index is -0.949. The molecule has 0 aromatic heterocycles. The van der Waals surface area contributed by atoms with Crippen molar-refractivity contribution in [2.45, 2.75) is 6.42 Å². The minimum Gasteiger partial charge on any atom is -0.491 e. The van der Waals surface area contributed by atoms with Crippen LogP contribution in [-0.2, 0) is 4.79 Å². The molecular weight excluding hydrogens is 402 g/mol. The number of hydrogen-bond acceptors (Lipinski definition) is 3. The lowest BCUT2D eigenvalue weighted by atomic mass is 10.1. The van der Waals surface area contributed by atoms with Gasteiger partial charge in [-0.15, -0.1) is 0 Å². The Morgan fingerprint density at radius 1 is 0.839 bits per heavy atom. The molecular formula is C24H22F2N2O3. The number of amides is 2. The molecule has 0 aliphatic heterocycles. The molecule has 0 heterocycles. The molecule has 0 atom stereocenters. The molecule has 0 bridgehead atoms. The van der Waals surface area contributed by atoms with E-state index in [9.17, 15) is 18.4 Å². The van der Waals surface area contributed by atoms with Crippen molar-refractivity contribution in [1.82, 2.24) is 10.6 Å². The van der Waals surface area contributed by atoms with E-state index in [0.717, 1.165) is 29.0 Å². The first kappa shape index (κ1) is 22.0. The number of para-hydroxylation sites is 1. The average molecular weight is 424 g/mol. The van der Waals surface area contributed by atoms with Crippen LogP contribution in [0.3, 0.4) is 0 Å². The van der Waals surface area contributed by atoms with E-state index in [1.807, 2.05) is 54.6 Å². The molecule has 0 saturated heterocycles. The summed E-state index contributed by atoms with van der Waals surface area (Å²) >= 11 is 0. The lowest BCUT2D eigenvalue weighted by Crippen LogP contribution is -2.33. The maximum absolute atomic E-state index is 13.6.